The third-order valence-electron chi connectivity index (χ3n) is 6.48. The lowest BCUT2D eigenvalue weighted by molar-refractivity contribution is -0.0121. The van der Waals surface area contributed by atoms with Crippen LogP contribution in [0.3, 0.4) is 0 Å². The van der Waals surface area contributed by atoms with Crippen molar-refractivity contribution in [1.29, 1.82) is 0 Å². The van der Waals surface area contributed by atoms with E-state index in [0.717, 1.165) is 22.1 Å². The Morgan fingerprint density at radius 1 is 0.972 bits per heavy atom. The van der Waals surface area contributed by atoms with E-state index in [0.29, 0.717) is 54.9 Å². The second-order valence-electron chi connectivity index (χ2n) is 9.14. The van der Waals surface area contributed by atoms with E-state index in [1.54, 1.807) is 30.3 Å². The molecule has 1 aromatic heterocycles. The number of esters is 1. The zero-order valence-electron chi connectivity index (χ0n) is 20.1. The molecule has 0 unspecified atom stereocenters. The molecule has 9 heteroatoms. The number of nitrogens with zero attached hydrogens (tertiary/aromatic N) is 2. The Morgan fingerprint density at radius 3 is 2.31 bits per heavy atom. The fourth-order valence-corrected chi connectivity index (χ4v) is 4.79. The topological polar surface area (TPSA) is 106 Å². The molecule has 3 heterocycles. The molecular weight excluding hydrogens is 464 g/mol. The van der Waals surface area contributed by atoms with Gasteiger partial charge in [0.15, 0.2) is 5.43 Å². The van der Waals surface area contributed by atoms with Gasteiger partial charge < -0.3 is 13.9 Å². The highest BCUT2D eigenvalue weighted by Crippen LogP contribution is 2.24. The quantitative estimate of drug-likeness (QED) is 0.383. The van der Waals surface area contributed by atoms with E-state index in [9.17, 15) is 19.2 Å². The van der Waals surface area contributed by atoms with Crippen LogP contribution in [-0.2, 0) is 9.47 Å². The van der Waals surface area contributed by atoms with Crippen LogP contribution in [0.15, 0.2) is 51.7 Å². The van der Waals surface area contributed by atoms with Crippen LogP contribution in [0.25, 0.3) is 11.0 Å². The molecule has 0 bridgehead atoms. The van der Waals surface area contributed by atoms with Gasteiger partial charge in [-0.15, -0.1) is 0 Å². The first-order valence-electron chi connectivity index (χ1n) is 11.8. The van der Waals surface area contributed by atoms with Gasteiger partial charge in [0.1, 0.15) is 11.7 Å². The number of amides is 2. The van der Waals surface area contributed by atoms with Gasteiger partial charge in [-0.2, -0.15) is 0 Å². The highest BCUT2D eigenvalue weighted by Gasteiger charge is 2.38. The van der Waals surface area contributed by atoms with Crippen LogP contribution in [-0.4, -0.2) is 73.1 Å². The highest BCUT2D eigenvalue weighted by molar-refractivity contribution is 6.21. The van der Waals surface area contributed by atoms with E-state index < -0.39 is 23.9 Å². The van der Waals surface area contributed by atoms with Crippen molar-refractivity contribution in [2.75, 3.05) is 39.4 Å². The van der Waals surface area contributed by atoms with Crippen molar-refractivity contribution in [1.82, 2.24) is 9.80 Å². The number of ether oxygens (including phenoxy) is 2. The number of fused-ring (bicyclic) bond motifs is 2. The van der Waals surface area contributed by atoms with E-state index in [1.165, 1.54) is 0 Å². The summed E-state index contributed by atoms with van der Waals surface area (Å²) in [5, 5.41) is 0.410. The van der Waals surface area contributed by atoms with Crippen LogP contribution in [0, 0.1) is 13.8 Å². The van der Waals surface area contributed by atoms with Gasteiger partial charge in [0.25, 0.3) is 11.8 Å². The Labute approximate surface area is 207 Å². The molecule has 0 radical (unpaired) electrons. The molecule has 2 aromatic carbocycles. The molecule has 1 atom stereocenters. The third kappa shape index (κ3) is 4.55. The number of carbonyl (C=O) groups excluding carboxylic acids is 3. The number of morpholine rings is 1. The predicted octanol–water partition coefficient (Wildman–Crippen LogP) is 2.56. The smallest absolute Gasteiger partial charge is 0.374 e. The third-order valence-corrected chi connectivity index (χ3v) is 6.48. The normalized spacial score (nSPS) is 16.9. The molecule has 36 heavy (non-hydrogen) atoms. The maximum Gasteiger partial charge on any atom is 0.374 e. The molecule has 0 aliphatic carbocycles. The van der Waals surface area contributed by atoms with Gasteiger partial charge in [-0.1, -0.05) is 18.2 Å². The summed E-state index contributed by atoms with van der Waals surface area (Å²) in [5.41, 5.74) is 2.26. The summed E-state index contributed by atoms with van der Waals surface area (Å²) >= 11 is 0. The van der Waals surface area contributed by atoms with Gasteiger partial charge in [-0.25, -0.2) is 4.79 Å². The standard InChI is InChI=1S/C27H26N2O7/c1-16-11-17(2)24-21(30)13-23(36-22(24)12-16)27(33)35-18(14-28-7-9-34-10-8-28)15-29-25(31)19-5-3-4-6-20(19)26(29)32/h3-6,11-13,18H,7-10,14-15H2,1-2H3/t18-/m1/s1. The van der Waals surface area contributed by atoms with Gasteiger partial charge in [-0.05, 0) is 43.2 Å². The summed E-state index contributed by atoms with van der Waals surface area (Å²) in [6.07, 6.45) is -0.835. The summed E-state index contributed by atoms with van der Waals surface area (Å²) in [7, 11) is 0. The number of imide groups is 1. The van der Waals surface area contributed by atoms with Crippen LogP contribution >= 0.6 is 0 Å². The zero-order chi connectivity index (χ0) is 25.4. The highest BCUT2D eigenvalue weighted by atomic mass is 16.6. The zero-order valence-corrected chi connectivity index (χ0v) is 20.1. The molecule has 0 saturated carbocycles. The van der Waals surface area contributed by atoms with Gasteiger partial charge in [0.05, 0.1) is 36.3 Å². The van der Waals surface area contributed by atoms with Crippen LogP contribution in [0.1, 0.15) is 42.4 Å². The van der Waals surface area contributed by atoms with Crippen LogP contribution in [0.5, 0.6) is 0 Å². The molecule has 0 spiro atoms. The van der Waals surface area contributed by atoms with Gasteiger partial charge in [0, 0.05) is 25.7 Å². The van der Waals surface area contributed by atoms with E-state index >= 15 is 0 Å². The van der Waals surface area contributed by atoms with E-state index in [4.69, 9.17) is 13.9 Å². The minimum absolute atomic E-state index is 0.120. The molecule has 3 aromatic rings. The SMILES string of the molecule is Cc1cc(C)c2c(=O)cc(C(=O)O[C@H](CN3CCOCC3)CN3C(=O)c4ccccc4C3=O)oc2c1. The number of hydrogen-bond acceptors (Lipinski definition) is 8. The number of carbonyl (C=O) groups is 3. The first kappa shape index (κ1) is 23.9. The summed E-state index contributed by atoms with van der Waals surface area (Å²) in [5.74, 6) is -1.92. The molecule has 1 saturated heterocycles. The molecule has 2 amide bonds. The summed E-state index contributed by atoms with van der Waals surface area (Å²) < 4.78 is 16.9. The fourth-order valence-electron chi connectivity index (χ4n) is 4.79. The fraction of sp³-hybridized carbons (Fsp3) is 0.333. The van der Waals surface area contributed by atoms with Crippen LogP contribution in [0.4, 0.5) is 0 Å². The van der Waals surface area contributed by atoms with E-state index in [2.05, 4.69) is 0 Å². The van der Waals surface area contributed by atoms with Crippen molar-refractivity contribution in [3.8, 4) is 0 Å². The Bertz CT molecular complexity index is 1390. The average Bonchev–Trinajstić information content (AvgIpc) is 3.09. The maximum absolute atomic E-state index is 13.1. The number of benzene rings is 2. The van der Waals surface area contributed by atoms with Crippen molar-refractivity contribution in [2.45, 2.75) is 20.0 Å². The van der Waals surface area contributed by atoms with Crippen LogP contribution in [0.2, 0.25) is 0 Å². The molecule has 0 N–H and O–H groups in total. The van der Waals surface area contributed by atoms with Crippen LogP contribution < -0.4 is 5.43 Å². The number of rotatable bonds is 6. The minimum Gasteiger partial charge on any atom is -0.453 e. The molecule has 9 nitrogen and oxygen atoms in total. The Kier molecular flexibility index (Phi) is 6.42. The summed E-state index contributed by atoms with van der Waals surface area (Å²) in [4.78, 5) is 54.9. The second kappa shape index (κ2) is 9.67. The number of hydrogen-bond donors (Lipinski definition) is 0. The molecule has 5 rings (SSSR count). The molecule has 2 aliphatic heterocycles. The summed E-state index contributed by atoms with van der Waals surface area (Å²) in [6, 6.07) is 11.3. The van der Waals surface area contributed by atoms with Gasteiger partial charge in [-0.3, -0.25) is 24.2 Å². The van der Waals surface area contributed by atoms with Gasteiger partial charge >= 0.3 is 5.97 Å². The second-order valence-corrected chi connectivity index (χ2v) is 9.14. The lowest BCUT2D eigenvalue weighted by atomic mass is 10.1. The summed E-state index contributed by atoms with van der Waals surface area (Å²) in [6.45, 7) is 6.17. The Morgan fingerprint density at radius 2 is 1.64 bits per heavy atom. The number of aryl methyl sites for hydroxylation is 2. The minimum atomic E-state index is -0.835. The van der Waals surface area contributed by atoms with Crippen molar-refractivity contribution in [3.63, 3.8) is 0 Å². The van der Waals surface area contributed by atoms with Crippen molar-refractivity contribution in [3.05, 3.63) is 80.7 Å². The first-order chi connectivity index (χ1) is 17.3. The molecular formula is C27H26N2O7. The maximum atomic E-state index is 13.1. The van der Waals surface area contributed by atoms with E-state index in [-0.39, 0.29) is 17.7 Å². The average molecular weight is 491 g/mol. The van der Waals surface area contributed by atoms with Gasteiger partial charge in [0.2, 0.25) is 5.76 Å². The monoisotopic (exact) mass is 490 g/mol. The predicted molar refractivity (Wildman–Crippen MR) is 130 cm³/mol. The van der Waals surface area contributed by atoms with E-state index in [1.807, 2.05) is 24.8 Å². The van der Waals surface area contributed by atoms with Crippen molar-refractivity contribution < 1.29 is 28.3 Å². The Balaban J connectivity index is 1.41. The lowest BCUT2D eigenvalue weighted by Crippen LogP contribution is -2.47. The molecule has 186 valence electrons. The van der Waals surface area contributed by atoms with Crippen molar-refractivity contribution >= 4 is 28.8 Å². The first-order valence-corrected chi connectivity index (χ1v) is 11.8. The molecule has 1 fully saturated rings. The van der Waals surface area contributed by atoms with Crippen molar-refractivity contribution in [2.24, 2.45) is 0 Å². The lowest BCUT2D eigenvalue weighted by Gasteiger charge is -2.31. The Hall–Kier alpha value is -3.82. The molecule has 2 aliphatic rings. The largest absolute Gasteiger partial charge is 0.453 e.